The lowest BCUT2D eigenvalue weighted by Gasteiger charge is -2.32. The van der Waals surface area contributed by atoms with Crippen molar-refractivity contribution in [1.29, 1.82) is 0 Å². The molecule has 12 heavy (non-hydrogen) atoms. The molecule has 0 aromatic carbocycles. The fourth-order valence-corrected chi connectivity index (χ4v) is 1.54. The van der Waals surface area contributed by atoms with Crippen molar-refractivity contribution in [3.8, 4) is 0 Å². The van der Waals surface area contributed by atoms with Gasteiger partial charge < -0.3 is 10.4 Å². The monoisotopic (exact) mass is 183 g/mol. The Hall–Kier alpha value is -0.290. The van der Waals surface area contributed by atoms with Crippen LogP contribution in [-0.4, -0.2) is 30.0 Å². The molecule has 2 N–H and O–H groups in total. The SMILES string of the molecule is CC1(C(F)(F)F)NCCC1CO. The minimum absolute atomic E-state index is 0.321. The Kier molecular flexibility index (Phi) is 2.35. The Morgan fingerprint density at radius 1 is 1.58 bits per heavy atom. The first kappa shape index (κ1) is 9.80. The average molecular weight is 183 g/mol. The summed E-state index contributed by atoms with van der Waals surface area (Å²) in [7, 11) is 0. The molecule has 72 valence electrons. The largest absolute Gasteiger partial charge is 0.406 e. The van der Waals surface area contributed by atoms with E-state index in [0.29, 0.717) is 13.0 Å². The smallest absolute Gasteiger partial charge is 0.396 e. The van der Waals surface area contributed by atoms with E-state index in [1.807, 2.05) is 0 Å². The Morgan fingerprint density at radius 2 is 2.17 bits per heavy atom. The highest BCUT2D eigenvalue weighted by Gasteiger charge is 2.57. The Balaban J connectivity index is 2.82. The van der Waals surface area contributed by atoms with Gasteiger partial charge in [0.2, 0.25) is 0 Å². The van der Waals surface area contributed by atoms with Crippen LogP contribution in [0.25, 0.3) is 0 Å². The molecule has 2 unspecified atom stereocenters. The van der Waals surface area contributed by atoms with E-state index in [-0.39, 0.29) is 0 Å². The standard InChI is InChI=1S/C7H12F3NO/c1-6(7(8,9)10)5(4-12)2-3-11-6/h5,11-12H,2-4H2,1H3. The quantitative estimate of drug-likeness (QED) is 0.633. The van der Waals surface area contributed by atoms with E-state index in [9.17, 15) is 13.2 Å². The third-order valence-electron chi connectivity index (χ3n) is 2.61. The van der Waals surface area contributed by atoms with Crippen molar-refractivity contribution in [2.75, 3.05) is 13.2 Å². The zero-order valence-electron chi connectivity index (χ0n) is 6.78. The van der Waals surface area contributed by atoms with E-state index in [2.05, 4.69) is 5.32 Å². The molecule has 0 radical (unpaired) electrons. The highest BCUT2D eigenvalue weighted by molar-refractivity contribution is 5.01. The van der Waals surface area contributed by atoms with Gasteiger partial charge in [-0.1, -0.05) is 0 Å². The number of hydrogen-bond donors (Lipinski definition) is 2. The predicted octanol–water partition coefficient (Wildman–Crippen LogP) is 0.909. The lowest BCUT2D eigenvalue weighted by molar-refractivity contribution is -0.201. The zero-order chi connectivity index (χ0) is 9.41. The summed E-state index contributed by atoms with van der Waals surface area (Å²) >= 11 is 0. The maximum Gasteiger partial charge on any atom is 0.406 e. The van der Waals surface area contributed by atoms with Gasteiger partial charge in [0.05, 0.1) is 0 Å². The molecule has 5 heteroatoms. The van der Waals surface area contributed by atoms with Crippen LogP contribution < -0.4 is 5.32 Å². The van der Waals surface area contributed by atoms with Crippen LogP contribution in [0.2, 0.25) is 0 Å². The van der Waals surface area contributed by atoms with Gasteiger partial charge in [-0.3, -0.25) is 0 Å². The van der Waals surface area contributed by atoms with Crippen molar-refractivity contribution < 1.29 is 18.3 Å². The number of halogens is 3. The molecule has 1 saturated heterocycles. The highest BCUT2D eigenvalue weighted by atomic mass is 19.4. The summed E-state index contributed by atoms with van der Waals surface area (Å²) in [5.41, 5.74) is -1.90. The summed E-state index contributed by atoms with van der Waals surface area (Å²) in [6.07, 6.45) is -3.90. The molecule has 1 fully saturated rings. The fraction of sp³-hybridized carbons (Fsp3) is 1.00. The molecule has 0 aromatic heterocycles. The van der Waals surface area contributed by atoms with Crippen molar-refractivity contribution in [3.05, 3.63) is 0 Å². The van der Waals surface area contributed by atoms with E-state index >= 15 is 0 Å². The number of rotatable bonds is 1. The summed E-state index contributed by atoms with van der Waals surface area (Å²) in [5, 5.41) is 11.1. The first-order chi connectivity index (χ1) is 5.42. The molecule has 1 rings (SSSR count). The molecular weight excluding hydrogens is 171 g/mol. The van der Waals surface area contributed by atoms with Crippen LogP contribution in [0.5, 0.6) is 0 Å². The van der Waals surface area contributed by atoms with Crippen LogP contribution in [0, 0.1) is 5.92 Å². The maximum absolute atomic E-state index is 12.4. The van der Waals surface area contributed by atoms with Crippen molar-refractivity contribution in [2.45, 2.75) is 25.1 Å². The second-order valence-corrected chi connectivity index (χ2v) is 3.30. The van der Waals surface area contributed by atoms with Crippen molar-refractivity contribution in [2.24, 2.45) is 5.92 Å². The normalized spacial score (nSPS) is 37.2. The predicted molar refractivity (Wildman–Crippen MR) is 37.7 cm³/mol. The van der Waals surface area contributed by atoms with Gasteiger partial charge in [0, 0.05) is 12.5 Å². The lowest BCUT2D eigenvalue weighted by Crippen LogP contribution is -2.55. The summed E-state index contributed by atoms with van der Waals surface area (Å²) in [6.45, 7) is 1.01. The molecule has 2 nitrogen and oxygen atoms in total. The van der Waals surface area contributed by atoms with Crippen LogP contribution in [0.1, 0.15) is 13.3 Å². The number of aliphatic hydroxyl groups is 1. The van der Waals surface area contributed by atoms with Crippen LogP contribution in [-0.2, 0) is 0 Å². The van der Waals surface area contributed by atoms with Gasteiger partial charge in [0.15, 0.2) is 0 Å². The number of aliphatic hydroxyl groups excluding tert-OH is 1. The van der Waals surface area contributed by atoms with Crippen LogP contribution >= 0.6 is 0 Å². The minimum Gasteiger partial charge on any atom is -0.396 e. The summed E-state index contributed by atoms with van der Waals surface area (Å²) in [5.74, 6) is -0.711. The zero-order valence-corrected chi connectivity index (χ0v) is 6.78. The molecule has 2 atom stereocenters. The van der Waals surface area contributed by atoms with Gasteiger partial charge in [0.1, 0.15) is 5.54 Å². The Labute approximate surface area is 68.8 Å². The molecule has 1 aliphatic rings. The van der Waals surface area contributed by atoms with E-state index in [1.54, 1.807) is 0 Å². The molecule has 0 saturated carbocycles. The molecule has 0 bridgehead atoms. The molecule has 0 aromatic rings. The van der Waals surface area contributed by atoms with E-state index in [4.69, 9.17) is 5.11 Å². The minimum atomic E-state index is -4.28. The second kappa shape index (κ2) is 2.88. The summed E-state index contributed by atoms with van der Waals surface area (Å²) in [6, 6.07) is 0. The molecule has 0 aliphatic carbocycles. The van der Waals surface area contributed by atoms with E-state index in [0.717, 1.165) is 6.92 Å². The van der Waals surface area contributed by atoms with E-state index in [1.165, 1.54) is 0 Å². The van der Waals surface area contributed by atoms with Crippen molar-refractivity contribution >= 4 is 0 Å². The van der Waals surface area contributed by atoms with Crippen LogP contribution in [0.15, 0.2) is 0 Å². The lowest BCUT2D eigenvalue weighted by atomic mass is 9.87. The molecule has 1 heterocycles. The van der Waals surface area contributed by atoms with Gasteiger partial charge in [-0.15, -0.1) is 0 Å². The Bertz CT molecular complexity index is 171. The third-order valence-corrected chi connectivity index (χ3v) is 2.61. The maximum atomic E-state index is 12.4. The average Bonchev–Trinajstić information content (AvgIpc) is 2.30. The van der Waals surface area contributed by atoms with Gasteiger partial charge in [-0.25, -0.2) is 0 Å². The first-order valence-electron chi connectivity index (χ1n) is 3.84. The van der Waals surface area contributed by atoms with Gasteiger partial charge in [0.25, 0.3) is 0 Å². The first-order valence-corrected chi connectivity index (χ1v) is 3.84. The Morgan fingerprint density at radius 3 is 2.50 bits per heavy atom. The van der Waals surface area contributed by atoms with E-state index < -0.39 is 24.2 Å². The van der Waals surface area contributed by atoms with Gasteiger partial charge >= 0.3 is 6.18 Å². The highest BCUT2D eigenvalue weighted by Crippen LogP contribution is 2.40. The van der Waals surface area contributed by atoms with Gasteiger partial charge in [-0.05, 0) is 19.9 Å². The van der Waals surface area contributed by atoms with Crippen LogP contribution in [0.3, 0.4) is 0 Å². The van der Waals surface area contributed by atoms with Crippen molar-refractivity contribution in [3.63, 3.8) is 0 Å². The summed E-state index contributed by atoms with van der Waals surface area (Å²) < 4.78 is 37.2. The topological polar surface area (TPSA) is 32.3 Å². The number of hydrogen-bond acceptors (Lipinski definition) is 2. The van der Waals surface area contributed by atoms with Crippen molar-refractivity contribution in [1.82, 2.24) is 5.32 Å². The fourth-order valence-electron chi connectivity index (χ4n) is 1.54. The number of alkyl halides is 3. The molecule has 0 spiro atoms. The molecule has 1 aliphatic heterocycles. The summed E-state index contributed by atoms with van der Waals surface area (Å²) in [4.78, 5) is 0. The molecule has 0 amide bonds. The molecular formula is C7H12F3NO. The third kappa shape index (κ3) is 1.31. The van der Waals surface area contributed by atoms with Gasteiger partial charge in [-0.2, -0.15) is 13.2 Å². The van der Waals surface area contributed by atoms with Crippen LogP contribution in [0.4, 0.5) is 13.2 Å². The number of nitrogens with one attached hydrogen (secondary N) is 1. The second-order valence-electron chi connectivity index (χ2n) is 3.30.